The molecule has 1 atom stereocenters. The molecule has 0 unspecified atom stereocenters. The van der Waals surface area contributed by atoms with Crippen molar-refractivity contribution in [2.24, 2.45) is 0 Å². The summed E-state index contributed by atoms with van der Waals surface area (Å²) in [6, 6.07) is 7.15. The Morgan fingerprint density at radius 1 is 1.09 bits per heavy atom. The van der Waals surface area contributed by atoms with E-state index < -0.39 is 29.6 Å². The van der Waals surface area contributed by atoms with Gasteiger partial charge in [-0.25, -0.2) is 18.7 Å². The molecule has 3 aromatic rings. The van der Waals surface area contributed by atoms with E-state index in [1.165, 1.54) is 6.20 Å². The number of hydrogen-bond donors (Lipinski definition) is 4. The molecule has 3 rings (SSSR count). The van der Waals surface area contributed by atoms with E-state index in [0.717, 1.165) is 12.1 Å². The lowest BCUT2D eigenvalue weighted by Crippen LogP contribution is -2.31. The first-order valence-corrected chi connectivity index (χ1v) is 10.0. The van der Waals surface area contributed by atoms with E-state index in [4.69, 9.17) is 5.73 Å². The third kappa shape index (κ3) is 5.66. The van der Waals surface area contributed by atoms with Crippen molar-refractivity contribution >= 4 is 23.3 Å². The zero-order chi connectivity index (χ0) is 24.3. The summed E-state index contributed by atoms with van der Waals surface area (Å²) < 4.78 is 26.8. The van der Waals surface area contributed by atoms with Gasteiger partial charge in [-0.2, -0.15) is 0 Å². The predicted molar refractivity (Wildman–Crippen MR) is 119 cm³/mol. The molecule has 0 fully saturated rings. The fourth-order valence-electron chi connectivity index (χ4n) is 3.15. The Hall–Kier alpha value is -3.92. The van der Waals surface area contributed by atoms with E-state index in [2.05, 4.69) is 20.6 Å². The van der Waals surface area contributed by atoms with Gasteiger partial charge in [-0.05, 0) is 56.2 Å². The van der Waals surface area contributed by atoms with Gasteiger partial charge in [0.1, 0.15) is 11.6 Å². The molecule has 8 nitrogen and oxygen atoms in total. The lowest BCUT2D eigenvalue weighted by Gasteiger charge is -2.14. The summed E-state index contributed by atoms with van der Waals surface area (Å²) in [4.78, 5) is 33.1. The Balaban J connectivity index is 1.81. The monoisotopic (exact) mass is 455 g/mol. The number of nitrogens with two attached hydrogens (primary N) is 1. The number of carbonyl (C=O) groups is 2. The number of halogens is 2. The Labute approximate surface area is 188 Å². The SMILES string of the molecule is Cc1cc(NC(=O)[C@H](O)c2cc(F)cc(F)c2)ccc1-c1cnc(N)c(C(=O)NC(C)C)n1. The molecule has 172 valence electrons. The molecule has 0 spiro atoms. The van der Waals surface area contributed by atoms with Crippen LogP contribution in [0.1, 0.15) is 41.6 Å². The van der Waals surface area contributed by atoms with Crippen LogP contribution in [0.15, 0.2) is 42.6 Å². The van der Waals surface area contributed by atoms with E-state index in [1.54, 1.807) is 25.1 Å². The number of aliphatic hydroxyl groups excluding tert-OH is 1. The second-order valence-electron chi connectivity index (χ2n) is 7.74. The normalized spacial score (nSPS) is 11.8. The van der Waals surface area contributed by atoms with Crippen LogP contribution >= 0.6 is 0 Å². The molecule has 0 aliphatic rings. The maximum atomic E-state index is 13.4. The molecule has 0 saturated heterocycles. The maximum Gasteiger partial charge on any atom is 0.273 e. The number of carbonyl (C=O) groups excluding carboxylic acids is 2. The van der Waals surface area contributed by atoms with Crippen LogP contribution in [0.4, 0.5) is 20.3 Å². The maximum absolute atomic E-state index is 13.4. The number of amides is 2. The van der Waals surface area contributed by atoms with Crippen LogP contribution in [0.5, 0.6) is 0 Å². The summed E-state index contributed by atoms with van der Waals surface area (Å²) in [6.07, 6.45) is -0.329. The highest BCUT2D eigenvalue weighted by molar-refractivity contribution is 5.97. The average molecular weight is 455 g/mol. The first kappa shape index (κ1) is 23.7. The number of rotatable bonds is 6. The summed E-state index contributed by atoms with van der Waals surface area (Å²) in [5.41, 5.74) is 7.69. The van der Waals surface area contributed by atoms with Gasteiger partial charge >= 0.3 is 0 Å². The molecular formula is C23H23F2N5O3. The highest BCUT2D eigenvalue weighted by Crippen LogP contribution is 2.26. The highest BCUT2D eigenvalue weighted by Gasteiger charge is 2.20. The van der Waals surface area contributed by atoms with Gasteiger partial charge in [-0.3, -0.25) is 9.59 Å². The van der Waals surface area contributed by atoms with Gasteiger partial charge < -0.3 is 21.5 Å². The van der Waals surface area contributed by atoms with Crippen molar-refractivity contribution in [3.05, 3.63) is 71.1 Å². The van der Waals surface area contributed by atoms with Gasteiger partial charge in [0.2, 0.25) is 0 Å². The molecule has 0 radical (unpaired) electrons. The highest BCUT2D eigenvalue weighted by atomic mass is 19.1. The number of nitrogen functional groups attached to an aromatic ring is 1. The largest absolute Gasteiger partial charge is 0.382 e. The predicted octanol–water partition coefficient (Wildman–Crippen LogP) is 3.12. The fraction of sp³-hybridized carbons (Fsp3) is 0.217. The average Bonchev–Trinajstić information content (AvgIpc) is 2.72. The van der Waals surface area contributed by atoms with Gasteiger partial charge in [0.05, 0.1) is 11.9 Å². The van der Waals surface area contributed by atoms with Crippen LogP contribution in [0.25, 0.3) is 11.3 Å². The molecule has 10 heteroatoms. The van der Waals surface area contributed by atoms with Crippen molar-refractivity contribution in [1.82, 2.24) is 15.3 Å². The van der Waals surface area contributed by atoms with Crippen molar-refractivity contribution in [3.8, 4) is 11.3 Å². The van der Waals surface area contributed by atoms with Crippen LogP contribution in [-0.4, -0.2) is 32.9 Å². The van der Waals surface area contributed by atoms with Crippen LogP contribution in [0, 0.1) is 18.6 Å². The number of benzene rings is 2. The standard InChI is InChI=1S/C23H23F2N5O3/c1-11(2)28-22(32)19-21(26)27-10-18(30-19)17-5-4-16(6-12(17)3)29-23(33)20(31)13-7-14(24)9-15(25)8-13/h4-11,20,31H,1-3H3,(H2,26,27)(H,28,32)(H,29,33)/t20-/m1/s1. The van der Waals surface area contributed by atoms with E-state index in [-0.39, 0.29) is 23.1 Å². The number of nitrogens with one attached hydrogen (secondary N) is 2. The fourth-order valence-corrected chi connectivity index (χ4v) is 3.15. The minimum atomic E-state index is -1.76. The molecule has 2 amide bonds. The van der Waals surface area contributed by atoms with Crippen molar-refractivity contribution in [2.75, 3.05) is 11.1 Å². The zero-order valence-corrected chi connectivity index (χ0v) is 18.2. The van der Waals surface area contributed by atoms with Gasteiger partial charge in [0, 0.05) is 23.4 Å². The van der Waals surface area contributed by atoms with E-state index in [0.29, 0.717) is 28.6 Å². The lowest BCUT2D eigenvalue weighted by atomic mass is 10.0. The van der Waals surface area contributed by atoms with Crippen molar-refractivity contribution in [1.29, 1.82) is 0 Å². The van der Waals surface area contributed by atoms with Crippen LogP contribution in [0.2, 0.25) is 0 Å². The van der Waals surface area contributed by atoms with E-state index in [9.17, 15) is 23.5 Å². The molecule has 1 aromatic heterocycles. The number of anilines is 2. The minimum absolute atomic E-state index is 0.00112. The van der Waals surface area contributed by atoms with Gasteiger partial charge in [-0.15, -0.1) is 0 Å². The number of nitrogens with zero attached hydrogens (tertiary/aromatic N) is 2. The van der Waals surface area contributed by atoms with Gasteiger partial charge in [0.15, 0.2) is 17.6 Å². The summed E-state index contributed by atoms with van der Waals surface area (Å²) in [5.74, 6) is -3.10. The second-order valence-corrected chi connectivity index (χ2v) is 7.74. The summed E-state index contributed by atoms with van der Waals surface area (Å²) in [7, 11) is 0. The Morgan fingerprint density at radius 2 is 1.76 bits per heavy atom. The van der Waals surface area contributed by atoms with Crippen LogP contribution < -0.4 is 16.4 Å². The Bertz CT molecular complexity index is 1200. The molecule has 2 aromatic carbocycles. The molecule has 33 heavy (non-hydrogen) atoms. The molecule has 0 bridgehead atoms. The number of aromatic nitrogens is 2. The quantitative estimate of drug-likeness (QED) is 0.452. The number of aliphatic hydroxyl groups is 1. The zero-order valence-electron chi connectivity index (χ0n) is 18.2. The minimum Gasteiger partial charge on any atom is -0.382 e. The number of aryl methyl sites for hydroxylation is 1. The topological polar surface area (TPSA) is 130 Å². The molecule has 0 aliphatic heterocycles. The van der Waals surface area contributed by atoms with E-state index >= 15 is 0 Å². The number of hydrogen-bond acceptors (Lipinski definition) is 6. The van der Waals surface area contributed by atoms with Gasteiger partial charge in [-0.1, -0.05) is 6.07 Å². The first-order chi connectivity index (χ1) is 15.5. The second kappa shape index (κ2) is 9.70. The summed E-state index contributed by atoms with van der Waals surface area (Å²) in [6.45, 7) is 5.38. The first-order valence-electron chi connectivity index (χ1n) is 10.0. The van der Waals surface area contributed by atoms with Crippen molar-refractivity contribution in [2.45, 2.75) is 32.9 Å². The van der Waals surface area contributed by atoms with Crippen LogP contribution in [-0.2, 0) is 4.79 Å². The molecule has 5 N–H and O–H groups in total. The molecule has 0 aliphatic carbocycles. The molecule has 0 saturated carbocycles. The van der Waals surface area contributed by atoms with Crippen molar-refractivity contribution < 1.29 is 23.5 Å². The molecule has 1 heterocycles. The van der Waals surface area contributed by atoms with E-state index in [1.807, 2.05) is 13.8 Å². The third-order valence-corrected chi connectivity index (χ3v) is 4.65. The third-order valence-electron chi connectivity index (χ3n) is 4.65. The summed E-state index contributed by atoms with van der Waals surface area (Å²) >= 11 is 0. The Morgan fingerprint density at radius 3 is 2.36 bits per heavy atom. The summed E-state index contributed by atoms with van der Waals surface area (Å²) in [5, 5.41) is 15.4. The Kier molecular flexibility index (Phi) is 6.98. The van der Waals surface area contributed by atoms with Crippen molar-refractivity contribution in [3.63, 3.8) is 0 Å². The lowest BCUT2D eigenvalue weighted by molar-refractivity contribution is -0.124. The smallest absolute Gasteiger partial charge is 0.273 e. The van der Waals surface area contributed by atoms with Gasteiger partial charge in [0.25, 0.3) is 11.8 Å². The molecular weight excluding hydrogens is 432 g/mol. The van der Waals surface area contributed by atoms with Crippen LogP contribution in [0.3, 0.4) is 0 Å².